The number of piperazine rings is 1. The fourth-order valence-corrected chi connectivity index (χ4v) is 5.08. The summed E-state index contributed by atoms with van der Waals surface area (Å²) in [5, 5.41) is 0. The molecule has 0 aliphatic carbocycles. The first-order valence-corrected chi connectivity index (χ1v) is 13.3. The molecule has 0 spiro atoms. The fourth-order valence-electron chi connectivity index (χ4n) is 5.08. The molecule has 2 aliphatic heterocycles. The molecule has 1 unspecified atom stereocenters. The van der Waals surface area contributed by atoms with Gasteiger partial charge in [0.25, 0.3) is 5.91 Å². The van der Waals surface area contributed by atoms with E-state index in [-0.39, 0.29) is 29.6 Å². The van der Waals surface area contributed by atoms with Gasteiger partial charge in [0.2, 0.25) is 5.91 Å². The number of carbonyl (C=O) groups is 4. The van der Waals surface area contributed by atoms with Crippen LogP contribution in [0.2, 0.25) is 0 Å². The van der Waals surface area contributed by atoms with E-state index in [9.17, 15) is 19.2 Å². The Hall–Kier alpha value is -4.70. The van der Waals surface area contributed by atoms with Crippen LogP contribution in [-0.4, -0.2) is 81.5 Å². The molecule has 0 N–H and O–H groups in total. The summed E-state index contributed by atoms with van der Waals surface area (Å²) in [6.07, 6.45) is 0.110. The van der Waals surface area contributed by atoms with Crippen LogP contribution in [0.25, 0.3) is 0 Å². The summed E-state index contributed by atoms with van der Waals surface area (Å²) in [5.74, 6) is -0.155. The largest absolute Gasteiger partial charge is 0.497 e. The van der Waals surface area contributed by atoms with Gasteiger partial charge in [0, 0.05) is 37.4 Å². The molecule has 212 valence electrons. The van der Waals surface area contributed by atoms with Crippen LogP contribution in [0.4, 0.5) is 11.4 Å². The van der Waals surface area contributed by atoms with Crippen molar-refractivity contribution in [3.63, 3.8) is 0 Å². The van der Waals surface area contributed by atoms with Crippen LogP contribution in [0.5, 0.6) is 11.5 Å². The van der Waals surface area contributed by atoms with Crippen LogP contribution in [-0.2, 0) is 14.3 Å². The van der Waals surface area contributed by atoms with Gasteiger partial charge in [0.1, 0.15) is 11.5 Å². The number of anilines is 2. The second-order valence-electron chi connectivity index (χ2n) is 9.78. The van der Waals surface area contributed by atoms with Crippen molar-refractivity contribution in [2.24, 2.45) is 0 Å². The van der Waals surface area contributed by atoms with Gasteiger partial charge in [-0.25, -0.2) is 9.69 Å². The Morgan fingerprint density at radius 2 is 1.27 bits per heavy atom. The molecule has 0 saturated carbocycles. The van der Waals surface area contributed by atoms with Gasteiger partial charge in [-0.1, -0.05) is 0 Å². The van der Waals surface area contributed by atoms with Gasteiger partial charge in [0.15, 0.2) is 12.4 Å². The number of ketones is 1. The number of hydrogen-bond acceptors (Lipinski definition) is 9. The van der Waals surface area contributed by atoms with Gasteiger partial charge in [-0.3, -0.25) is 19.3 Å². The van der Waals surface area contributed by atoms with Gasteiger partial charge in [-0.05, 0) is 72.8 Å². The maximum atomic E-state index is 13.3. The minimum atomic E-state index is -0.676. The minimum Gasteiger partial charge on any atom is -0.497 e. The lowest BCUT2D eigenvalue weighted by Crippen LogP contribution is -2.52. The Labute approximate surface area is 238 Å². The molecule has 2 saturated heterocycles. The van der Waals surface area contributed by atoms with Gasteiger partial charge in [0.05, 0.1) is 37.9 Å². The first kappa shape index (κ1) is 27.9. The van der Waals surface area contributed by atoms with E-state index in [1.54, 1.807) is 43.5 Å². The molecule has 0 bridgehead atoms. The molecule has 2 aliphatic rings. The third-order valence-electron chi connectivity index (χ3n) is 7.42. The van der Waals surface area contributed by atoms with E-state index in [1.807, 2.05) is 24.3 Å². The maximum Gasteiger partial charge on any atom is 0.338 e. The number of rotatable bonds is 9. The Balaban J connectivity index is 1.15. The van der Waals surface area contributed by atoms with Crippen LogP contribution < -0.4 is 19.3 Å². The Morgan fingerprint density at radius 3 is 1.85 bits per heavy atom. The van der Waals surface area contributed by atoms with Crippen molar-refractivity contribution >= 4 is 34.9 Å². The van der Waals surface area contributed by atoms with Crippen molar-refractivity contribution in [2.75, 3.05) is 56.8 Å². The average molecular weight is 558 g/mol. The third kappa shape index (κ3) is 6.07. The molecule has 2 amide bonds. The van der Waals surface area contributed by atoms with Crippen molar-refractivity contribution in [1.82, 2.24) is 4.90 Å². The lowest BCUT2D eigenvalue weighted by atomic mass is 10.1. The topological polar surface area (TPSA) is 106 Å². The van der Waals surface area contributed by atoms with Crippen LogP contribution in [0.15, 0.2) is 72.8 Å². The molecule has 0 radical (unpaired) electrons. The zero-order valence-electron chi connectivity index (χ0n) is 22.9. The first-order valence-electron chi connectivity index (χ1n) is 13.3. The number of esters is 1. The number of methoxy groups -OCH3 is 2. The average Bonchev–Trinajstić information content (AvgIpc) is 3.33. The van der Waals surface area contributed by atoms with E-state index < -0.39 is 18.6 Å². The smallest absolute Gasteiger partial charge is 0.338 e. The standard InChI is InChI=1S/C31H31N3O7/c1-39-25-11-5-21(6-12-25)28(35)20-41-31(38)22-3-7-24(8-4-22)34-29(36)19-27(30(34)37)33-17-15-32(16-18-33)23-9-13-26(40-2)14-10-23/h3-14,27H,15-20H2,1-2H3. The van der Waals surface area contributed by atoms with Crippen LogP contribution in [0, 0.1) is 0 Å². The summed E-state index contributed by atoms with van der Waals surface area (Å²) in [7, 11) is 3.17. The van der Waals surface area contributed by atoms with Gasteiger partial charge in [-0.15, -0.1) is 0 Å². The predicted molar refractivity (Wildman–Crippen MR) is 152 cm³/mol. The number of ether oxygens (including phenoxy) is 3. The van der Waals surface area contributed by atoms with E-state index in [0.29, 0.717) is 30.1 Å². The van der Waals surface area contributed by atoms with Crippen molar-refractivity contribution < 1.29 is 33.4 Å². The Kier molecular flexibility index (Phi) is 8.30. The summed E-state index contributed by atoms with van der Waals surface area (Å²) in [5.41, 5.74) is 2.09. The summed E-state index contributed by atoms with van der Waals surface area (Å²) in [6, 6.07) is 19.9. The summed E-state index contributed by atoms with van der Waals surface area (Å²) in [4.78, 5) is 56.5. The van der Waals surface area contributed by atoms with E-state index in [4.69, 9.17) is 14.2 Å². The van der Waals surface area contributed by atoms with Crippen molar-refractivity contribution in [3.8, 4) is 11.5 Å². The highest BCUT2D eigenvalue weighted by Gasteiger charge is 2.43. The second kappa shape index (κ2) is 12.2. The number of benzene rings is 3. The highest BCUT2D eigenvalue weighted by Crippen LogP contribution is 2.28. The zero-order valence-corrected chi connectivity index (χ0v) is 22.9. The monoisotopic (exact) mass is 557 g/mol. The normalized spacial score (nSPS) is 17.5. The van der Waals surface area contributed by atoms with Crippen LogP contribution >= 0.6 is 0 Å². The zero-order chi connectivity index (χ0) is 28.9. The molecule has 3 aromatic carbocycles. The van der Waals surface area contributed by atoms with Gasteiger partial charge in [-0.2, -0.15) is 0 Å². The number of amides is 2. The summed E-state index contributed by atoms with van der Waals surface area (Å²) < 4.78 is 15.5. The van der Waals surface area contributed by atoms with Crippen molar-refractivity contribution in [1.29, 1.82) is 0 Å². The van der Waals surface area contributed by atoms with Crippen molar-refractivity contribution in [3.05, 3.63) is 83.9 Å². The molecule has 10 nitrogen and oxygen atoms in total. The van der Waals surface area contributed by atoms with E-state index in [0.717, 1.165) is 24.5 Å². The summed E-state index contributed by atoms with van der Waals surface area (Å²) in [6.45, 7) is 2.38. The number of carbonyl (C=O) groups excluding carboxylic acids is 4. The second-order valence-corrected chi connectivity index (χ2v) is 9.78. The van der Waals surface area contributed by atoms with Gasteiger partial charge >= 0.3 is 5.97 Å². The van der Waals surface area contributed by atoms with Crippen molar-refractivity contribution in [2.45, 2.75) is 12.5 Å². The number of hydrogen-bond donors (Lipinski definition) is 0. The number of imide groups is 1. The predicted octanol–water partition coefficient (Wildman–Crippen LogP) is 3.20. The van der Waals surface area contributed by atoms with E-state index in [1.165, 1.54) is 24.1 Å². The molecule has 5 rings (SSSR count). The van der Waals surface area contributed by atoms with Gasteiger partial charge < -0.3 is 19.1 Å². The molecular formula is C31H31N3O7. The Morgan fingerprint density at radius 1 is 0.732 bits per heavy atom. The van der Waals surface area contributed by atoms with E-state index >= 15 is 0 Å². The fraction of sp³-hybridized carbons (Fsp3) is 0.290. The van der Waals surface area contributed by atoms with Crippen LogP contribution in [0.3, 0.4) is 0 Å². The first-order chi connectivity index (χ1) is 19.9. The molecular weight excluding hydrogens is 526 g/mol. The lowest BCUT2D eigenvalue weighted by molar-refractivity contribution is -0.123. The van der Waals surface area contributed by atoms with E-state index in [2.05, 4.69) is 9.80 Å². The molecule has 2 heterocycles. The molecule has 41 heavy (non-hydrogen) atoms. The third-order valence-corrected chi connectivity index (χ3v) is 7.42. The maximum absolute atomic E-state index is 13.3. The molecule has 0 aromatic heterocycles. The lowest BCUT2D eigenvalue weighted by Gasteiger charge is -2.38. The molecule has 10 heteroatoms. The Bertz CT molecular complexity index is 1410. The molecule has 3 aromatic rings. The quantitative estimate of drug-likeness (QED) is 0.223. The highest BCUT2D eigenvalue weighted by atomic mass is 16.5. The SMILES string of the molecule is COc1ccc(C(=O)COC(=O)c2ccc(N3C(=O)CC(N4CCN(c5ccc(OC)cc5)CC4)C3=O)cc2)cc1. The summed E-state index contributed by atoms with van der Waals surface area (Å²) >= 11 is 0. The molecule has 2 fully saturated rings. The number of nitrogens with zero attached hydrogens (tertiary/aromatic N) is 3. The minimum absolute atomic E-state index is 0.110. The number of Topliss-reactive ketones (excluding diaryl/α,β-unsaturated/α-hetero) is 1. The highest BCUT2D eigenvalue weighted by molar-refractivity contribution is 6.22. The molecule has 1 atom stereocenters. The van der Waals surface area contributed by atoms with Crippen LogP contribution in [0.1, 0.15) is 27.1 Å².